The van der Waals surface area contributed by atoms with Crippen LogP contribution >= 0.6 is 0 Å². The van der Waals surface area contributed by atoms with Crippen LogP contribution in [0.4, 0.5) is 0 Å². The number of ether oxygens (including phenoxy) is 1. The topological polar surface area (TPSA) is 72.7 Å². The number of nitrogens with one attached hydrogen (secondary N) is 1. The van der Waals surface area contributed by atoms with Crippen molar-refractivity contribution < 1.29 is 13.2 Å². The van der Waals surface area contributed by atoms with Crippen LogP contribution in [0.25, 0.3) is 5.65 Å². The first kappa shape index (κ1) is 20.4. The molecular weight excluding hydrogens is 374 g/mol. The Balaban J connectivity index is 1.67. The van der Waals surface area contributed by atoms with Crippen LogP contribution in [-0.4, -0.2) is 31.0 Å². The van der Waals surface area contributed by atoms with E-state index in [1.54, 1.807) is 12.1 Å². The Hall–Kier alpha value is -2.38. The van der Waals surface area contributed by atoms with Crippen LogP contribution in [0, 0.1) is 0 Å². The summed E-state index contributed by atoms with van der Waals surface area (Å²) in [6.07, 6.45) is 4.28. The van der Waals surface area contributed by atoms with Crippen LogP contribution in [0.5, 0.6) is 5.75 Å². The third-order valence-corrected chi connectivity index (χ3v) is 5.98. The molecule has 0 aliphatic rings. The lowest BCUT2D eigenvalue weighted by molar-refractivity contribution is 0.342. The molecular formula is C21H27N3O3S. The van der Waals surface area contributed by atoms with Gasteiger partial charge in [0.05, 0.1) is 17.2 Å². The lowest BCUT2D eigenvalue weighted by Gasteiger charge is -2.19. The van der Waals surface area contributed by atoms with Crippen LogP contribution in [0.2, 0.25) is 0 Å². The highest BCUT2D eigenvalue weighted by Crippen LogP contribution is 2.23. The Morgan fingerprint density at radius 1 is 1.14 bits per heavy atom. The van der Waals surface area contributed by atoms with Gasteiger partial charge in [-0.2, -0.15) is 0 Å². The summed E-state index contributed by atoms with van der Waals surface area (Å²) in [6, 6.07) is 10.8. The van der Waals surface area contributed by atoms with Gasteiger partial charge in [0, 0.05) is 25.4 Å². The molecule has 0 aliphatic heterocycles. The lowest BCUT2D eigenvalue weighted by atomic mass is 9.87. The molecule has 7 heteroatoms. The summed E-state index contributed by atoms with van der Waals surface area (Å²) in [5.41, 5.74) is 2.62. The van der Waals surface area contributed by atoms with Crippen molar-refractivity contribution in [1.29, 1.82) is 0 Å². The highest BCUT2D eigenvalue weighted by Gasteiger charge is 2.17. The fraction of sp³-hybridized carbons (Fsp3) is 0.381. The number of rotatable bonds is 7. The fourth-order valence-electron chi connectivity index (χ4n) is 2.96. The van der Waals surface area contributed by atoms with Gasteiger partial charge in [0.1, 0.15) is 0 Å². The number of imidazole rings is 1. The number of aromatic nitrogens is 2. The summed E-state index contributed by atoms with van der Waals surface area (Å²) in [6.45, 7) is 9.06. The standard InChI is InChI=1S/C21H27N3O3S/c1-5-27-19-7-6-14-24-15-17(23-20(19)24)12-13-22-28(25,26)18-10-8-16(9-11-18)21(2,3)4/h6-11,14-15,22H,5,12-13H2,1-4H3. The molecule has 0 saturated heterocycles. The number of nitrogens with zero attached hydrogens (tertiary/aromatic N) is 2. The molecule has 0 aliphatic carbocycles. The van der Waals surface area contributed by atoms with Crippen LogP contribution in [0.15, 0.2) is 53.7 Å². The maximum atomic E-state index is 12.5. The monoisotopic (exact) mass is 401 g/mol. The molecule has 1 aromatic carbocycles. The predicted molar refractivity (Wildman–Crippen MR) is 110 cm³/mol. The molecule has 0 bridgehead atoms. The third-order valence-electron chi connectivity index (χ3n) is 4.50. The first-order valence-corrected chi connectivity index (χ1v) is 10.9. The van der Waals surface area contributed by atoms with E-state index >= 15 is 0 Å². The Labute approximate surface area is 166 Å². The molecule has 28 heavy (non-hydrogen) atoms. The molecule has 0 unspecified atom stereocenters. The number of hydrogen-bond donors (Lipinski definition) is 1. The molecule has 0 amide bonds. The van der Waals surface area contributed by atoms with E-state index < -0.39 is 10.0 Å². The van der Waals surface area contributed by atoms with Gasteiger partial charge in [0.2, 0.25) is 10.0 Å². The van der Waals surface area contributed by atoms with Crippen LogP contribution in [0.3, 0.4) is 0 Å². The Morgan fingerprint density at radius 3 is 2.50 bits per heavy atom. The second-order valence-electron chi connectivity index (χ2n) is 7.69. The van der Waals surface area contributed by atoms with Gasteiger partial charge in [-0.3, -0.25) is 0 Å². The first-order valence-electron chi connectivity index (χ1n) is 9.40. The van der Waals surface area contributed by atoms with Gasteiger partial charge in [-0.1, -0.05) is 32.9 Å². The molecule has 0 fully saturated rings. The van der Waals surface area contributed by atoms with Crippen molar-refractivity contribution in [3.05, 3.63) is 60.0 Å². The maximum Gasteiger partial charge on any atom is 0.240 e. The third kappa shape index (κ3) is 4.54. The summed E-state index contributed by atoms with van der Waals surface area (Å²) in [5, 5.41) is 0. The maximum absolute atomic E-state index is 12.5. The van der Waals surface area contributed by atoms with E-state index in [0.29, 0.717) is 13.0 Å². The first-order chi connectivity index (χ1) is 13.2. The number of sulfonamides is 1. The molecule has 0 atom stereocenters. The van der Waals surface area contributed by atoms with E-state index in [9.17, 15) is 8.42 Å². The molecule has 6 nitrogen and oxygen atoms in total. The lowest BCUT2D eigenvalue weighted by Crippen LogP contribution is -2.26. The highest BCUT2D eigenvalue weighted by molar-refractivity contribution is 7.89. The van der Waals surface area contributed by atoms with Crippen molar-refractivity contribution in [2.45, 2.75) is 44.4 Å². The average molecular weight is 402 g/mol. The van der Waals surface area contributed by atoms with E-state index in [1.165, 1.54) is 0 Å². The van der Waals surface area contributed by atoms with E-state index in [1.807, 2.05) is 48.0 Å². The Kier molecular flexibility index (Phi) is 5.76. The van der Waals surface area contributed by atoms with Gasteiger partial charge in [0.25, 0.3) is 0 Å². The zero-order valence-electron chi connectivity index (χ0n) is 16.8. The van der Waals surface area contributed by atoms with E-state index in [0.717, 1.165) is 22.7 Å². The Bertz CT molecular complexity index is 1050. The van der Waals surface area contributed by atoms with Crippen molar-refractivity contribution in [3.63, 3.8) is 0 Å². The predicted octanol–water partition coefficient (Wildman–Crippen LogP) is 3.55. The van der Waals surface area contributed by atoms with Gasteiger partial charge in [-0.25, -0.2) is 18.1 Å². The van der Waals surface area contributed by atoms with E-state index in [-0.39, 0.29) is 16.9 Å². The van der Waals surface area contributed by atoms with Gasteiger partial charge in [0.15, 0.2) is 11.4 Å². The number of fused-ring (bicyclic) bond motifs is 1. The van der Waals surface area contributed by atoms with Gasteiger partial charge < -0.3 is 9.14 Å². The normalized spacial score (nSPS) is 12.4. The second kappa shape index (κ2) is 7.93. The average Bonchev–Trinajstić information content (AvgIpc) is 3.05. The zero-order valence-corrected chi connectivity index (χ0v) is 17.6. The smallest absolute Gasteiger partial charge is 0.240 e. The van der Waals surface area contributed by atoms with Gasteiger partial charge >= 0.3 is 0 Å². The molecule has 0 radical (unpaired) electrons. The molecule has 1 N–H and O–H groups in total. The molecule has 0 saturated carbocycles. The molecule has 150 valence electrons. The minimum Gasteiger partial charge on any atom is -0.490 e. The van der Waals surface area contributed by atoms with Crippen molar-refractivity contribution >= 4 is 15.7 Å². The molecule has 3 rings (SSSR count). The summed E-state index contributed by atoms with van der Waals surface area (Å²) in [7, 11) is -3.55. The molecule has 2 aromatic heterocycles. The largest absolute Gasteiger partial charge is 0.490 e. The molecule has 3 aromatic rings. The second-order valence-corrected chi connectivity index (χ2v) is 9.46. The quantitative estimate of drug-likeness (QED) is 0.657. The Morgan fingerprint density at radius 2 is 1.86 bits per heavy atom. The minimum absolute atomic E-state index is 0.0147. The van der Waals surface area contributed by atoms with Crippen LogP contribution in [-0.2, 0) is 21.9 Å². The van der Waals surface area contributed by atoms with Crippen LogP contribution < -0.4 is 9.46 Å². The number of benzene rings is 1. The van der Waals surface area contributed by atoms with E-state index in [4.69, 9.17) is 4.74 Å². The summed E-state index contributed by atoms with van der Waals surface area (Å²) in [5.74, 6) is 0.718. The van der Waals surface area contributed by atoms with Crippen molar-refractivity contribution in [2.24, 2.45) is 0 Å². The minimum atomic E-state index is -3.55. The number of pyridine rings is 1. The summed E-state index contributed by atoms with van der Waals surface area (Å²) in [4.78, 5) is 4.84. The van der Waals surface area contributed by atoms with E-state index in [2.05, 4.69) is 30.5 Å². The zero-order chi connectivity index (χ0) is 20.4. The van der Waals surface area contributed by atoms with Crippen molar-refractivity contribution in [1.82, 2.24) is 14.1 Å². The van der Waals surface area contributed by atoms with Crippen molar-refractivity contribution in [2.75, 3.05) is 13.2 Å². The van der Waals surface area contributed by atoms with Gasteiger partial charge in [-0.15, -0.1) is 0 Å². The summed E-state index contributed by atoms with van der Waals surface area (Å²) < 4.78 is 35.2. The summed E-state index contributed by atoms with van der Waals surface area (Å²) >= 11 is 0. The number of hydrogen-bond acceptors (Lipinski definition) is 4. The van der Waals surface area contributed by atoms with Crippen LogP contribution in [0.1, 0.15) is 39.0 Å². The SMILES string of the molecule is CCOc1cccn2cc(CCNS(=O)(=O)c3ccc(C(C)(C)C)cc3)nc12. The van der Waals surface area contributed by atoms with Crippen molar-refractivity contribution in [3.8, 4) is 5.75 Å². The molecule has 2 heterocycles. The highest BCUT2D eigenvalue weighted by atomic mass is 32.2. The van der Waals surface area contributed by atoms with Gasteiger partial charge in [-0.05, 0) is 42.2 Å². The molecule has 0 spiro atoms. The fourth-order valence-corrected chi connectivity index (χ4v) is 3.99.